The van der Waals surface area contributed by atoms with Gasteiger partial charge in [0.05, 0.1) is 45.5 Å². The van der Waals surface area contributed by atoms with E-state index in [9.17, 15) is 0 Å². The van der Waals surface area contributed by atoms with Crippen LogP contribution in [0.15, 0.2) is 115 Å². The van der Waals surface area contributed by atoms with Gasteiger partial charge in [-0.05, 0) is 52.1 Å². The van der Waals surface area contributed by atoms with E-state index in [4.69, 9.17) is 18.9 Å². The summed E-state index contributed by atoms with van der Waals surface area (Å²) in [6.45, 7) is 0. The third-order valence-corrected chi connectivity index (χ3v) is 7.88. The average molecular weight is 569 g/mol. The van der Waals surface area contributed by atoms with E-state index in [1.54, 1.807) is 28.4 Å². The van der Waals surface area contributed by atoms with Crippen LogP contribution < -0.4 is 23.5 Å². The molecule has 0 saturated carbocycles. The predicted molar refractivity (Wildman–Crippen MR) is 173 cm³/mol. The number of fused-ring (bicyclic) bond motifs is 1. The molecule has 5 heteroatoms. The Hall–Kier alpha value is -5.29. The van der Waals surface area contributed by atoms with Crippen LogP contribution in [0.1, 0.15) is 0 Å². The maximum absolute atomic E-state index is 5.96. The van der Waals surface area contributed by atoms with E-state index in [2.05, 4.69) is 109 Å². The molecule has 1 heterocycles. The van der Waals surface area contributed by atoms with E-state index in [-0.39, 0.29) is 0 Å². The molecule has 0 aliphatic heterocycles. The molecule has 5 aromatic carbocycles. The van der Waals surface area contributed by atoms with Crippen LogP contribution in [-0.2, 0) is 7.05 Å². The SMILES string of the molecule is COc1cc2c(-c3ccccc3)c(-c3cc(OC)c(OC)c(-c4cccc(-c5ccccc5)c4)c3)c[n+](C)c2cc1OC. The van der Waals surface area contributed by atoms with Gasteiger partial charge in [-0.1, -0.05) is 78.9 Å². The summed E-state index contributed by atoms with van der Waals surface area (Å²) < 4.78 is 25.4. The molecule has 0 radical (unpaired) electrons. The van der Waals surface area contributed by atoms with E-state index in [1.165, 1.54) is 0 Å². The van der Waals surface area contributed by atoms with Gasteiger partial charge >= 0.3 is 0 Å². The number of nitrogens with zero attached hydrogens (tertiary/aromatic N) is 1. The van der Waals surface area contributed by atoms with Gasteiger partial charge in [-0.25, -0.2) is 4.57 Å². The first-order valence-electron chi connectivity index (χ1n) is 14.1. The number of aromatic nitrogens is 1. The predicted octanol–water partition coefficient (Wildman–Crippen LogP) is 8.37. The molecule has 43 heavy (non-hydrogen) atoms. The molecular formula is C38H34NO4+. The molecule has 5 nitrogen and oxygen atoms in total. The molecule has 0 saturated heterocycles. The second kappa shape index (κ2) is 11.9. The summed E-state index contributed by atoms with van der Waals surface area (Å²) in [5, 5.41) is 1.05. The summed E-state index contributed by atoms with van der Waals surface area (Å²) in [6.07, 6.45) is 2.17. The Labute approximate surface area is 252 Å². The molecular weight excluding hydrogens is 534 g/mol. The van der Waals surface area contributed by atoms with Crippen LogP contribution in [0.2, 0.25) is 0 Å². The summed E-state index contributed by atoms with van der Waals surface area (Å²) in [7, 11) is 8.75. The zero-order valence-corrected chi connectivity index (χ0v) is 25.0. The van der Waals surface area contributed by atoms with E-state index in [0.717, 1.165) is 55.4 Å². The lowest BCUT2D eigenvalue weighted by Gasteiger charge is -2.18. The van der Waals surface area contributed by atoms with Gasteiger partial charge in [0.15, 0.2) is 29.2 Å². The van der Waals surface area contributed by atoms with Gasteiger partial charge in [0.25, 0.3) is 0 Å². The highest BCUT2D eigenvalue weighted by Gasteiger charge is 2.24. The molecule has 0 fully saturated rings. The van der Waals surface area contributed by atoms with Crippen molar-refractivity contribution in [3.8, 4) is 67.5 Å². The first-order chi connectivity index (χ1) is 21.1. The molecule has 0 bridgehead atoms. The highest BCUT2D eigenvalue weighted by atomic mass is 16.5. The van der Waals surface area contributed by atoms with Crippen LogP contribution in [0.5, 0.6) is 23.0 Å². The van der Waals surface area contributed by atoms with Gasteiger partial charge in [-0.2, -0.15) is 0 Å². The molecule has 6 aromatic rings. The third-order valence-electron chi connectivity index (χ3n) is 7.88. The Kier molecular flexibility index (Phi) is 7.71. The summed E-state index contributed by atoms with van der Waals surface area (Å²) in [5.74, 6) is 2.71. The number of ether oxygens (including phenoxy) is 4. The normalized spacial score (nSPS) is 10.9. The van der Waals surface area contributed by atoms with Crippen molar-refractivity contribution in [2.45, 2.75) is 0 Å². The Morgan fingerprint density at radius 2 is 1.07 bits per heavy atom. The lowest BCUT2D eigenvalue weighted by atomic mass is 9.89. The lowest BCUT2D eigenvalue weighted by molar-refractivity contribution is -0.644. The van der Waals surface area contributed by atoms with Crippen molar-refractivity contribution in [3.63, 3.8) is 0 Å². The van der Waals surface area contributed by atoms with Crippen LogP contribution in [0.4, 0.5) is 0 Å². The summed E-state index contributed by atoms with van der Waals surface area (Å²) in [5.41, 5.74) is 9.54. The minimum atomic E-state index is 0.661. The van der Waals surface area contributed by atoms with Crippen molar-refractivity contribution in [1.29, 1.82) is 0 Å². The van der Waals surface area contributed by atoms with Gasteiger partial charge in [0.1, 0.15) is 7.05 Å². The molecule has 0 unspecified atom stereocenters. The highest BCUT2D eigenvalue weighted by molar-refractivity contribution is 6.02. The molecule has 0 spiro atoms. The number of methoxy groups -OCH3 is 4. The molecule has 0 aliphatic rings. The highest BCUT2D eigenvalue weighted by Crippen LogP contribution is 2.46. The number of hydrogen-bond acceptors (Lipinski definition) is 4. The maximum atomic E-state index is 5.96. The Balaban J connectivity index is 1.65. The van der Waals surface area contributed by atoms with Gasteiger partial charge in [0.2, 0.25) is 5.52 Å². The zero-order chi connectivity index (χ0) is 29.9. The molecule has 0 aliphatic carbocycles. The van der Waals surface area contributed by atoms with Crippen LogP contribution in [0.25, 0.3) is 55.4 Å². The number of pyridine rings is 1. The number of rotatable bonds is 8. The molecule has 0 amide bonds. The monoisotopic (exact) mass is 568 g/mol. The van der Waals surface area contributed by atoms with Gasteiger partial charge in [-0.3, -0.25) is 0 Å². The first-order valence-corrected chi connectivity index (χ1v) is 14.1. The Bertz CT molecular complexity index is 1920. The number of aryl methyl sites for hydroxylation is 1. The number of hydrogen-bond donors (Lipinski definition) is 0. The van der Waals surface area contributed by atoms with Gasteiger partial charge in [0, 0.05) is 11.1 Å². The van der Waals surface area contributed by atoms with Gasteiger partial charge < -0.3 is 18.9 Å². The smallest absolute Gasteiger partial charge is 0.216 e. The van der Waals surface area contributed by atoms with Crippen molar-refractivity contribution in [3.05, 3.63) is 115 Å². The minimum Gasteiger partial charge on any atom is -0.493 e. The summed E-state index contributed by atoms with van der Waals surface area (Å²) in [6, 6.07) is 37.7. The quantitative estimate of drug-likeness (QED) is 0.173. The summed E-state index contributed by atoms with van der Waals surface area (Å²) >= 11 is 0. The van der Waals surface area contributed by atoms with Crippen LogP contribution in [0, 0.1) is 0 Å². The lowest BCUT2D eigenvalue weighted by Crippen LogP contribution is -2.29. The fraction of sp³-hybridized carbons (Fsp3) is 0.132. The van der Waals surface area contributed by atoms with E-state index >= 15 is 0 Å². The average Bonchev–Trinajstić information content (AvgIpc) is 3.07. The van der Waals surface area contributed by atoms with E-state index < -0.39 is 0 Å². The largest absolute Gasteiger partial charge is 0.493 e. The maximum Gasteiger partial charge on any atom is 0.216 e. The molecule has 0 N–H and O–H groups in total. The van der Waals surface area contributed by atoms with Crippen molar-refractivity contribution in [2.75, 3.05) is 28.4 Å². The summed E-state index contributed by atoms with van der Waals surface area (Å²) in [4.78, 5) is 0. The molecule has 6 rings (SSSR count). The minimum absolute atomic E-state index is 0.661. The third kappa shape index (κ3) is 5.15. The second-order valence-electron chi connectivity index (χ2n) is 10.3. The van der Waals surface area contributed by atoms with Crippen LogP contribution >= 0.6 is 0 Å². The van der Waals surface area contributed by atoms with E-state index in [1.807, 2.05) is 18.2 Å². The Morgan fingerprint density at radius 1 is 0.465 bits per heavy atom. The topological polar surface area (TPSA) is 40.8 Å². The number of benzene rings is 5. The second-order valence-corrected chi connectivity index (χ2v) is 10.3. The zero-order valence-electron chi connectivity index (χ0n) is 25.0. The fourth-order valence-corrected chi connectivity index (χ4v) is 5.80. The van der Waals surface area contributed by atoms with Crippen molar-refractivity contribution >= 4 is 10.9 Å². The standard InChI is InChI=1S/C38H34NO4/c1-39-24-32(37(26-15-10-7-11-16-26)31-22-34(40-2)35(41-3)23-33(31)39)29-20-30(38(43-5)36(21-29)42-4)28-18-12-17-27(19-28)25-13-8-6-9-14-25/h6-24H,1-5H3/q+1. The van der Waals surface area contributed by atoms with Crippen LogP contribution in [-0.4, -0.2) is 28.4 Å². The van der Waals surface area contributed by atoms with Crippen molar-refractivity contribution < 1.29 is 23.5 Å². The molecule has 214 valence electrons. The van der Waals surface area contributed by atoms with E-state index in [0.29, 0.717) is 23.0 Å². The Morgan fingerprint density at radius 3 is 1.72 bits per heavy atom. The van der Waals surface area contributed by atoms with Crippen molar-refractivity contribution in [1.82, 2.24) is 0 Å². The molecule has 1 aromatic heterocycles. The van der Waals surface area contributed by atoms with Gasteiger partial charge in [-0.15, -0.1) is 0 Å². The fourth-order valence-electron chi connectivity index (χ4n) is 5.80. The molecule has 0 atom stereocenters. The first kappa shape index (κ1) is 27.9. The van der Waals surface area contributed by atoms with Crippen LogP contribution in [0.3, 0.4) is 0 Å². The van der Waals surface area contributed by atoms with Crippen molar-refractivity contribution in [2.24, 2.45) is 7.05 Å².